The number of amides is 1. The number of carbonyl (C=O) groups is 1. The molecule has 0 aromatic heterocycles. The molecule has 1 aliphatic carbocycles. The highest BCUT2D eigenvalue weighted by atomic mass is 35.5. The Labute approximate surface area is 108 Å². The van der Waals surface area contributed by atoms with Crippen LogP contribution in [0.1, 0.15) is 13.3 Å². The Morgan fingerprint density at radius 1 is 1.35 bits per heavy atom. The third kappa shape index (κ3) is 2.44. The van der Waals surface area contributed by atoms with Crippen LogP contribution in [0.3, 0.4) is 0 Å². The van der Waals surface area contributed by atoms with Crippen LogP contribution in [-0.4, -0.2) is 49.7 Å². The third-order valence-electron chi connectivity index (χ3n) is 4.13. The van der Waals surface area contributed by atoms with Gasteiger partial charge in [0.05, 0.1) is 12.0 Å². The van der Waals surface area contributed by atoms with E-state index in [4.69, 9.17) is 4.74 Å². The molecule has 0 spiro atoms. The number of likely N-dealkylation sites (tertiary alicyclic amines) is 1. The van der Waals surface area contributed by atoms with Gasteiger partial charge >= 0.3 is 0 Å². The zero-order valence-corrected chi connectivity index (χ0v) is 11.0. The molecule has 3 aliphatic rings. The normalized spacial score (nSPS) is 38.8. The Hall–Kier alpha value is -0.320. The van der Waals surface area contributed by atoms with Crippen LogP contribution in [0.5, 0.6) is 0 Å². The Morgan fingerprint density at radius 3 is 2.59 bits per heavy atom. The van der Waals surface area contributed by atoms with Gasteiger partial charge in [0.1, 0.15) is 0 Å². The minimum absolute atomic E-state index is 0. The number of ether oxygens (including phenoxy) is 1. The van der Waals surface area contributed by atoms with E-state index in [9.17, 15) is 4.79 Å². The van der Waals surface area contributed by atoms with E-state index < -0.39 is 0 Å². The lowest BCUT2D eigenvalue weighted by Crippen LogP contribution is -2.33. The van der Waals surface area contributed by atoms with Crippen molar-refractivity contribution in [1.82, 2.24) is 10.2 Å². The van der Waals surface area contributed by atoms with Crippen molar-refractivity contribution in [2.75, 3.05) is 32.8 Å². The van der Waals surface area contributed by atoms with E-state index in [0.717, 1.165) is 39.2 Å². The van der Waals surface area contributed by atoms with Gasteiger partial charge in [-0.25, -0.2) is 0 Å². The monoisotopic (exact) mass is 260 g/mol. The van der Waals surface area contributed by atoms with Crippen molar-refractivity contribution in [1.29, 1.82) is 0 Å². The lowest BCUT2D eigenvalue weighted by atomic mass is 10.0. The average molecular weight is 261 g/mol. The maximum Gasteiger partial charge on any atom is 0.228 e. The SMILES string of the molecule is CCOC1CC1C(=O)N1C[C@H]2CNC[C@H]2C1.Cl. The zero-order valence-electron chi connectivity index (χ0n) is 10.2. The van der Waals surface area contributed by atoms with Gasteiger partial charge in [-0.15, -0.1) is 12.4 Å². The average Bonchev–Trinajstić information content (AvgIpc) is 2.71. The zero-order chi connectivity index (χ0) is 11.1. The summed E-state index contributed by atoms with van der Waals surface area (Å²) in [6, 6.07) is 0. The molecule has 3 rings (SSSR count). The van der Waals surface area contributed by atoms with Crippen LogP contribution in [0.4, 0.5) is 0 Å². The van der Waals surface area contributed by atoms with Crippen LogP contribution in [0, 0.1) is 17.8 Å². The molecule has 5 heteroatoms. The van der Waals surface area contributed by atoms with Crippen LogP contribution in [0.25, 0.3) is 0 Å². The predicted molar refractivity (Wildman–Crippen MR) is 67.2 cm³/mol. The molecule has 1 N–H and O–H groups in total. The summed E-state index contributed by atoms with van der Waals surface area (Å²) in [5.74, 6) is 1.92. The third-order valence-corrected chi connectivity index (χ3v) is 4.13. The molecule has 2 aliphatic heterocycles. The first-order chi connectivity index (χ1) is 7.79. The van der Waals surface area contributed by atoms with Crippen LogP contribution in [0.15, 0.2) is 0 Å². The number of nitrogens with zero attached hydrogens (tertiary/aromatic N) is 1. The number of hydrogen-bond acceptors (Lipinski definition) is 3. The van der Waals surface area contributed by atoms with Gasteiger partial charge in [-0.05, 0) is 25.2 Å². The van der Waals surface area contributed by atoms with E-state index in [2.05, 4.69) is 10.2 Å². The predicted octanol–water partition coefficient (Wildman–Crippen LogP) is 0.511. The molecule has 2 saturated heterocycles. The second-order valence-electron chi connectivity index (χ2n) is 5.26. The molecular formula is C12H21ClN2O2. The Balaban J connectivity index is 0.00000108. The Bertz CT molecular complexity index is 288. The fourth-order valence-electron chi connectivity index (χ4n) is 3.10. The van der Waals surface area contributed by atoms with Crippen molar-refractivity contribution in [3.63, 3.8) is 0 Å². The van der Waals surface area contributed by atoms with Crippen molar-refractivity contribution in [3.8, 4) is 0 Å². The number of hydrogen-bond donors (Lipinski definition) is 1. The lowest BCUT2D eigenvalue weighted by molar-refractivity contribution is -0.132. The number of halogens is 1. The van der Waals surface area contributed by atoms with Crippen molar-refractivity contribution >= 4 is 18.3 Å². The molecule has 0 aromatic carbocycles. The van der Waals surface area contributed by atoms with Crippen molar-refractivity contribution < 1.29 is 9.53 Å². The van der Waals surface area contributed by atoms with Gasteiger partial charge in [-0.3, -0.25) is 4.79 Å². The van der Waals surface area contributed by atoms with Gasteiger partial charge < -0.3 is 15.0 Å². The van der Waals surface area contributed by atoms with E-state index in [1.807, 2.05) is 6.92 Å². The van der Waals surface area contributed by atoms with Gasteiger partial charge in [0.15, 0.2) is 0 Å². The van der Waals surface area contributed by atoms with Gasteiger partial charge in [0, 0.05) is 32.8 Å². The molecule has 0 aromatic rings. The first kappa shape index (κ1) is 13.1. The quantitative estimate of drug-likeness (QED) is 0.804. The van der Waals surface area contributed by atoms with Crippen LogP contribution in [0.2, 0.25) is 0 Å². The van der Waals surface area contributed by atoms with Crippen LogP contribution >= 0.6 is 12.4 Å². The van der Waals surface area contributed by atoms with Crippen molar-refractivity contribution in [2.45, 2.75) is 19.4 Å². The molecule has 0 radical (unpaired) electrons. The van der Waals surface area contributed by atoms with Gasteiger partial charge in [0.25, 0.3) is 0 Å². The topological polar surface area (TPSA) is 41.6 Å². The van der Waals surface area contributed by atoms with Crippen LogP contribution in [-0.2, 0) is 9.53 Å². The molecule has 4 nitrogen and oxygen atoms in total. The summed E-state index contributed by atoms with van der Waals surface area (Å²) in [5.41, 5.74) is 0. The van der Waals surface area contributed by atoms with Crippen molar-refractivity contribution in [3.05, 3.63) is 0 Å². The second kappa shape index (κ2) is 5.12. The molecule has 3 fully saturated rings. The maximum absolute atomic E-state index is 12.1. The molecule has 1 amide bonds. The molecule has 1 saturated carbocycles. The number of rotatable bonds is 3. The van der Waals surface area contributed by atoms with E-state index in [-0.39, 0.29) is 24.4 Å². The minimum atomic E-state index is 0. The Morgan fingerprint density at radius 2 is 2.00 bits per heavy atom. The molecule has 2 heterocycles. The first-order valence-corrected chi connectivity index (χ1v) is 6.40. The van der Waals surface area contributed by atoms with E-state index in [1.54, 1.807) is 0 Å². The fraction of sp³-hybridized carbons (Fsp3) is 0.917. The molecule has 17 heavy (non-hydrogen) atoms. The standard InChI is InChI=1S/C12H20N2O2.ClH/c1-2-16-11-3-10(11)12(15)14-6-8-4-13-5-9(8)7-14;/h8-11,13H,2-7H2,1H3;1H/t8-,9+,10?,11?;. The summed E-state index contributed by atoms with van der Waals surface area (Å²) in [5, 5.41) is 3.40. The Kier molecular flexibility index (Phi) is 3.95. The van der Waals surface area contributed by atoms with E-state index >= 15 is 0 Å². The smallest absolute Gasteiger partial charge is 0.228 e. The maximum atomic E-state index is 12.1. The van der Waals surface area contributed by atoms with Gasteiger partial charge in [-0.1, -0.05) is 0 Å². The number of fused-ring (bicyclic) bond motifs is 1. The summed E-state index contributed by atoms with van der Waals surface area (Å²) in [7, 11) is 0. The second-order valence-corrected chi connectivity index (χ2v) is 5.26. The molecule has 98 valence electrons. The van der Waals surface area contributed by atoms with Gasteiger partial charge in [0.2, 0.25) is 5.91 Å². The summed E-state index contributed by atoms with van der Waals surface area (Å²) >= 11 is 0. The molecule has 4 atom stereocenters. The summed E-state index contributed by atoms with van der Waals surface area (Å²) in [6.07, 6.45) is 1.16. The van der Waals surface area contributed by atoms with Crippen LogP contribution < -0.4 is 5.32 Å². The van der Waals surface area contributed by atoms with E-state index in [1.165, 1.54) is 0 Å². The highest BCUT2D eigenvalue weighted by molar-refractivity contribution is 5.85. The lowest BCUT2D eigenvalue weighted by Gasteiger charge is -2.17. The fourth-order valence-corrected chi connectivity index (χ4v) is 3.10. The highest BCUT2D eigenvalue weighted by Gasteiger charge is 2.48. The highest BCUT2D eigenvalue weighted by Crippen LogP contribution is 2.37. The van der Waals surface area contributed by atoms with Gasteiger partial charge in [-0.2, -0.15) is 0 Å². The number of carbonyl (C=O) groups excluding carboxylic acids is 1. The molecule has 2 unspecified atom stereocenters. The summed E-state index contributed by atoms with van der Waals surface area (Å²) in [6.45, 7) is 6.83. The largest absolute Gasteiger partial charge is 0.378 e. The summed E-state index contributed by atoms with van der Waals surface area (Å²) in [4.78, 5) is 14.2. The van der Waals surface area contributed by atoms with Crippen molar-refractivity contribution in [2.24, 2.45) is 17.8 Å². The minimum Gasteiger partial charge on any atom is -0.378 e. The first-order valence-electron chi connectivity index (χ1n) is 6.40. The molecule has 0 bridgehead atoms. The number of nitrogens with one attached hydrogen (secondary N) is 1. The summed E-state index contributed by atoms with van der Waals surface area (Å²) < 4.78 is 5.48. The molecular weight excluding hydrogens is 240 g/mol. The van der Waals surface area contributed by atoms with E-state index in [0.29, 0.717) is 17.7 Å².